The molecule has 5 atom stereocenters. The molecule has 0 aliphatic carbocycles. The minimum absolute atomic E-state index is 0.126. The van der Waals surface area contributed by atoms with Crippen molar-refractivity contribution in [3.8, 4) is 0 Å². The third kappa shape index (κ3) is 2.49. The molecule has 120 valence electrons. The fraction of sp³-hybridized carbons (Fsp3) is 0.545. The molecule has 2 aromatic rings. The van der Waals surface area contributed by atoms with E-state index in [0.29, 0.717) is 0 Å². The Labute approximate surface area is 124 Å². The predicted molar refractivity (Wildman–Crippen MR) is 74.4 cm³/mol. The number of aliphatic hydroxyl groups excluding tert-OH is 1. The fourth-order valence-electron chi connectivity index (χ4n) is 2.62. The minimum Gasteiger partial charge on any atom is -0.394 e. The van der Waals surface area contributed by atoms with E-state index in [9.17, 15) is 14.5 Å². The highest BCUT2D eigenvalue weighted by atomic mass is 31.1. The van der Waals surface area contributed by atoms with Crippen molar-refractivity contribution < 1.29 is 23.8 Å². The normalized spacial score (nSPS) is 30.0. The summed E-state index contributed by atoms with van der Waals surface area (Å²) in [5.74, 6) is -0.324. The Morgan fingerprint density at radius 1 is 1.55 bits per heavy atom. The second kappa shape index (κ2) is 5.90. The van der Waals surface area contributed by atoms with E-state index in [4.69, 9.17) is 14.2 Å². The summed E-state index contributed by atoms with van der Waals surface area (Å²) in [5, 5.41) is 9.35. The number of H-pyrrole nitrogens is 1. The molecule has 0 saturated carbocycles. The van der Waals surface area contributed by atoms with Gasteiger partial charge in [-0.2, -0.15) is 0 Å². The zero-order chi connectivity index (χ0) is 15.9. The van der Waals surface area contributed by atoms with Gasteiger partial charge in [-0.1, -0.05) is 6.92 Å². The number of rotatable bonds is 4. The van der Waals surface area contributed by atoms with E-state index in [1.54, 1.807) is 6.92 Å². The molecule has 1 aliphatic heterocycles. The van der Waals surface area contributed by atoms with Crippen molar-refractivity contribution in [3.63, 3.8) is 0 Å². The Hall–Kier alpha value is -1.58. The van der Waals surface area contributed by atoms with Gasteiger partial charge in [-0.15, -0.1) is 0 Å². The van der Waals surface area contributed by atoms with E-state index in [0.717, 1.165) is 0 Å². The minimum atomic E-state index is -3.20. The van der Waals surface area contributed by atoms with Crippen LogP contribution in [-0.2, 0) is 13.8 Å². The maximum absolute atomic E-state index is 11.7. The lowest BCUT2D eigenvalue weighted by molar-refractivity contribution is -0.0450. The van der Waals surface area contributed by atoms with E-state index in [1.165, 1.54) is 17.2 Å². The van der Waals surface area contributed by atoms with E-state index < -0.39 is 32.2 Å². The molecule has 0 radical (unpaired) electrons. The summed E-state index contributed by atoms with van der Waals surface area (Å²) in [6.45, 7) is 1.49. The summed E-state index contributed by atoms with van der Waals surface area (Å²) >= 11 is 0. The second-order valence-corrected chi connectivity index (χ2v) is 5.78. The average molecular weight is 330 g/mol. The first-order chi connectivity index (χ1) is 10.5. The number of aromatic amines is 1. The van der Waals surface area contributed by atoms with Crippen LogP contribution in [0, 0.1) is 5.92 Å². The number of imidazole rings is 1. The molecule has 1 saturated heterocycles. The first-order valence-corrected chi connectivity index (χ1v) is 7.85. The van der Waals surface area contributed by atoms with Gasteiger partial charge in [0, 0.05) is 5.92 Å². The average Bonchev–Trinajstić information content (AvgIpc) is 3.02. The maximum Gasteiger partial charge on any atom is 0.317 e. The number of fused-ring (bicyclic) bond motifs is 1. The number of hydrogen-bond acceptors (Lipinski definition) is 7. The topological polar surface area (TPSA) is 140 Å². The molecule has 0 spiro atoms. The number of hydrogen-bond donors (Lipinski definition) is 3. The van der Waals surface area contributed by atoms with Gasteiger partial charge in [0.05, 0.1) is 25.4 Å². The molecule has 3 rings (SSSR count). The molecule has 1 aliphatic rings. The van der Waals surface area contributed by atoms with E-state index in [-0.39, 0.29) is 23.7 Å². The number of aliphatic hydroxyl groups is 1. The van der Waals surface area contributed by atoms with Gasteiger partial charge in [-0.25, -0.2) is 9.97 Å². The van der Waals surface area contributed by atoms with Crippen molar-refractivity contribution in [1.29, 1.82) is 0 Å². The summed E-state index contributed by atoms with van der Waals surface area (Å²) in [6.07, 6.45) is 0.445. The lowest BCUT2D eigenvalue weighted by Gasteiger charge is -2.20. The lowest BCUT2D eigenvalue weighted by atomic mass is 10.0. The van der Waals surface area contributed by atoms with Crippen LogP contribution >= 0.6 is 8.25 Å². The monoisotopic (exact) mass is 330 g/mol. The molecule has 0 bridgehead atoms. The molecule has 11 heteroatoms. The molecule has 1 fully saturated rings. The SMILES string of the molecule is C[C@H]1[C@@H](O[PH](=O)O)[C@H](n2cnc3c(=O)[nH]cnc32)O[C@@H]1CO. The number of ether oxygens (including phenoxy) is 1. The quantitative estimate of drug-likeness (QED) is 0.632. The van der Waals surface area contributed by atoms with Crippen molar-refractivity contribution in [2.45, 2.75) is 25.4 Å². The van der Waals surface area contributed by atoms with Gasteiger partial charge in [-0.05, 0) is 0 Å². The molecule has 1 unspecified atom stereocenters. The van der Waals surface area contributed by atoms with Gasteiger partial charge >= 0.3 is 8.25 Å². The molecule has 10 nitrogen and oxygen atoms in total. The Kier molecular flexibility index (Phi) is 4.11. The van der Waals surface area contributed by atoms with Crippen LogP contribution < -0.4 is 5.56 Å². The highest BCUT2D eigenvalue weighted by molar-refractivity contribution is 7.32. The van der Waals surface area contributed by atoms with Crippen molar-refractivity contribution >= 4 is 19.4 Å². The van der Waals surface area contributed by atoms with Crippen LogP contribution in [0.5, 0.6) is 0 Å². The zero-order valence-electron chi connectivity index (χ0n) is 11.5. The summed E-state index contributed by atoms with van der Waals surface area (Å²) < 4.78 is 23.3. The second-order valence-electron chi connectivity index (χ2n) is 5.01. The van der Waals surface area contributed by atoms with Gasteiger partial charge in [0.2, 0.25) is 0 Å². The molecule has 0 aromatic carbocycles. The van der Waals surface area contributed by atoms with Gasteiger partial charge < -0.3 is 24.2 Å². The van der Waals surface area contributed by atoms with Gasteiger partial charge in [0.1, 0.15) is 6.10 Å². The molecular formula is C11H15N4O6P. The van der Waals surface area contributed by atoms with Crippen molar-refractivity contribution in [3.05, 3.63) is 23.0 Å². The maximum atomic E-state index is 11.7. The number of nitrogens with one attached hydrogen (secondary N) is 1. The molecule has 22 heavy (non-hydrogen) atoms. The lowest BCUT2D eigenvalue weighted by Crippen LogP contribution is -2.26. The molecule has 3 N–H and O–H groups in total. The zero-order valence-corrected chi connectivity index (χ0v) is 12.5. The molecular weight excluding hydrogens is 315 g/mol. The van der Waals surface area contributed by atoms with Gasteiger partial charge in [0.15, 0.2) is 17.4 Å². The van der Waals surface area contributed by atoms with E-state index >= 15 is 0 Å². The predicted octanol–water partition coefficient (Wildman–Crippen LogP) is -0.587. The first kappa shape index (κ1) is 15.3. The Morgan fingerprint density at radius 3 is 3.00 bits per heavy atom. The molecule has 2 aromatic heterocycles. The number of nitrogens with zero attached hydrogens (tertiary/aromatic N) is 3. The Balaban J connectivity index is 2.05. The standard InChI is InChI=1S/C11H15N4O6P/c1-5-6(2-16)20-11(8(5)21-22(18)19)15-4-14-7-9(15)12-3-13-10(7)17/h3-6,8,11,16,22H,2H2,1H3,(H,18,19)(H,12,13,17)/t5-,6-,8-,11-/m1/s1. The summed E-state index contributed by atoms with van der Waals surface area (Å²) in [6, 6.07) is 0. The first-order valence-electron chi connectivity index (χ1n) is 6.59. The van der Waals surface area contributed by atoms with Crippen LogP contribution in [-0.4, -0.2) is 48.3 Å². The summed E-state index contributed by atoms with van der Waals surface area (Å²) in [7, 11) is -3.20. The Morgan fingerprint density at radius 2 is 2.32 bits per heavy atom. The van der Waals surface area contributed by atoms with Crippen LogP contribution in [0.4, 0.5) is 0 Å². The van der Waals surface area contributed by atoms with E-state index in [1.807, 2.05) is 0 Å². The highest BCUT2D eigenvalue weighted by Gasteiger charge is 2.45. The Bertz CT molecular complexity index is 760. The van der Waals surface area contributed by atoms with Crippen molar-refractivity contribution in [2.24, 2.45) is 5.92 Å². The van der Waals surface area contributed by atoms with Gasteiger partial charge in [0.25, 0.3) is 5.56 Å². The summed E-state index contributed by atoms with van der Waals surface area (Å²) in [5.41, 5.74) is -0.00550. The number of aromatic nitrogens is 4. The largest absolute Gasteiger partial charge is 0.394 e. The van der Waals surface area contributed by atoms with E-state index in [2.05, 4.69) is 15.0 Å². The van der Waals surface area contributed by atoms with Crippen LogP contribution in [0.15, 0.2) is 17.4 Å². The smallest absolute Gasteiger partial charge is 0.317 e. The summed E-state index contributed by atoms with van der Waals surface area (Å²) in [4.78, 5) is 31.2. The van der Waals surface area contributed by atoms with Crippen molar-refractivity contribution in [2.75, 3.05) is 6.61 Å². The third-order valence-electron chi connectivity index (χ3n) is 3.76. The highest BCUT2D eigenvalue weighted by Crippen LogP contribution is 2.40. The van der Waals surface area contributed by atoms with Crippen LogP contribution in [0.3, 0.4) is 0 Å². The van der Waals surface area contributed by atoms with Crippen LogP contribution in [0.2, 0.25) is 0 Å². The van der Waals surface area contributed by atoms with Crippen molar-refractivity contribution in [1.82, 2.24) is 19.5 Å². The fourth-order valence-corrected chi connectivity index (χ4v) is 3.18. The third-order valence-corrected chi connectivity index (χ3v) is 4.23. The van der Waals surface area contributed by atoms with Crippen LogP contribution in [0.25, 0.3) is 11.2 Å². The molecule has 3 heterocycles. The van der Waals surface area contributed by atoms with Crippen LogP contribution in [0.1, 0.15) is 13.2 Å². The molecule has 0 amide bonds. The van der Waals surface area contributed by atoms with Gasteiger partial charge in [-0.3, -0.25) is 13.9 Å².